The highest BCUT2D eigenvalue weighted by molar-refractivity contribution is 5.46. The van der Waals surface area contributed by atoms with Crippen LogP contribution in [0.4, 0.5) is 14.5 Å². The molecular weight excluding hydrogens is 232 g/mol. The second-order valence-corrected chi connectivity index (χ2v) is 4.52. The first-order valence-electron chi connectivity index (χ1n) is 5.73. The molecule has 2 N–H and O–H groups in total. The summed E-state index contributed by atoms with van der Waals surface area (Å²) in [6.45, 7) is 3.58. The normalized spacial score (nSPS) is 11.6. The van der Waals surface area contributed by atoms with E-state index in [-0.39, 0.29) is 11.1 Å². The summed E-state index contributed by atoms with van der Waals surface area (Å²) in [5, 5.41) is 0. The Hall–Kier alpha value is -1.90. The summed E-state index contributed by atoms with van der Waals surface area (Å²) in [6, 6.07) is 10.8. The summed E-state index contributed by atoms with van der Waals surface area (Å²) in [4.78, 5) is 0. The van der Waals surface area contributed by atoms with Gasteiger partial charge in [-0.15, -0.1) is 0 Å². The number of nitrogen functional groups attached to an aromatic ring is 1. The number of nitrogens with two attached hydrogens (primary N) is 1. The van der Waals surface area contributed by atoms with Crippen LogP contribution >= 0.6 is 0 Å². The van der Waals surface area contributed by atoms with Crippen LogP contribution in [0.2, 0.25) is 0 Å². The molecule has 0 aliphatic carbocycles. The minimum absolute atomic E-state index is 0.0266. The van der Waals surface area contributed by atoms with Crippen LogP contribution in [0.3, 0.4) is 0 Å². The molecule has 0 unspecified atom stereocenters. The second kappa shape index (κ2) is 4.41. The molecule has 2 rings (SSSR count). The number of alkyl halides is 2. The third-order valence-electron chi connectivity index (χ3n) is 2.97. The standard InChI is InChI=1S/C15H15F2N/c1-10-6-7-14(11(2)8-10)15(16,17)12-4-3-5-13(18)9-12/h3-9H,18H2,1-2H3. The van der Waals surface area contributed by atoms with Crippen LogP contribution in [-0.4, -0.2) is 0 Å². The van der Waals surface area contributed by atoms with E-state index < -0.39 is 5.92 Å². The lowest BCUT2D eigenvalue weighted by Crippen LogP contribution is -2.17. The summed E-state index contributed by atoms with van der Waals surface area (Å²) >= 11 is 0. The van der Waals surface area contributed by atoms with Crippen LogP contribution in [0.5, 0.6) is 0 Å². The van der Waals surface area contributed by atoms with Crippen LogP contribution in [0, 0.1) is 13.8 Å². The summed E-state index contributed by atoms with van der Waals surface area (Å²) < 4.78 is 28.8. The van der Waals surface area contributed by atoms with Gasteiger partial charge in [0, 0.05) is 16.8 Å². The lowest BCUT2D eigenvalue weighted by atomic mass is 9.95. The van der Waals surface area contributed by atoms with Crippen molar-refractivity contribution in [2.24, 2.45) is 0 Å². The zero-order valence-electron chi connectivity index (χ0n) is 10.4. The van der Waals surface area contributed by atoms with Gasteiger partial charge in [-0.3, -0.25) is 0 Å². The molecule has 0 bridgehead atoms. The molecule has 0 amide bonds. The largest absolute Gasteiger partial charge is 0.399 e. The molecule has 3 heteroatoms. The number of aryl methyl sites for hydroxylation is 2. The number of anilines is 1. The van der Waals surface area contributed by atoms with Gasteiger partial charge in [0.25, 0.3) is 5.92 Å². The lowest BCUT2D eigenvalue weighted by molar-refractivity contribution is 0.0422. The molecule has 0 fully saturated rings. The smallest absolute Gasteiger partial charge is 0.298 e. The van der Waals surface area contributed by atoms with Crippen molar-refractivity contribution >= 4 is 5.69 Å². The van der Waals surface area contributed by atoms with E-state index in [4.69, 9.17) is 5.73 Å². The van der Waals surface area contributed by atoms with E-state index >= 15 is 0 Å². The van der Waals surface area contributed by atoms with Gasteiger partial charge in [0.2, 0.25) is 0 Å². The van der Waals surface area contributed by atoms with Crippen molar-refractivity contribution in [2.45, 2.75) is 19.8 Å². The van der Waals surface area contributed by atoms with E-state index in [1.165, 1.54) is 18.2 Å². The summed E-state index contributed by atoms with van der Waals surface area (Å²) in [5.41, 5.74) is 7.42. The lowest BCUT2D eigenvalue weighted by Gasteiger charge is -2.20. The van der Waals surface area contributed by atoms with Crippen LogP contribution in [0.25, 0.3) is 0 Å². The maximum Gasteiger partial charge on any atom is 0.298 e. The van der Waals surface area contributed by atoms with Crippen molar-refractivity contribution in [1.29, 1.82) is 0 Å². The third kappa shape index (κ3) is 2.21. The van der Waals surface area contributed by atoms with E-state index in [1.54, 1.807) is 31.2 Å². The predicted molar refractivity (Wildman–Crippen MR) is 69.8 cm³/mol. The van der Waals surface area contributed by atoms with Crippen LogP contribution < -0.4 is 5.73 Å². The Balaban J connectivity index is 2.53. The van der Waals surface area contributed by atoms with E-state index in [9.17, 15) is 8.78 Å². The Morgan fingerprint density at radius 2 is 1.72 bits per heavy atom. The predicted octanol–water partition coefficient (Wildman–Crippen LogP) is 4.03. The monoisotopic (exact) mass is 247 g/mol. The van der Waals surface area contributed by atoms with Crippen molar-refractivity contribution in [1.82, 2.24) is 0 Å². The van der Waals surface area contributed by atoms with Gasteiger partial charge in [-0.05, 0) is 31.5 Å². The topological polar surface area (TPSA) is 26.0 Å². The van der Waals surface area contributed by atoms with Gasteiger partial charge in [-0.1, -0.05) is 35.9 Å². The average molecular weight is 247 g/mol. The summed E-state index contributed by atoms with van der Waals surface area (Å²) in [7, 11) is 0. The first-order chi connectivity index (χ1) is 8.41. The molecule has 1 nitrogen and oxygen atoms in total. The molecule has 0 saturated heterocycles. The van der Waals surface area contributed by atoms with E-state index in [2.05, 4.69) is 0 Å². The van der Waals surface area contributed by atoms with E-state index in [0.29, 0.717) is 11.3 Å². The van der Waals surface area contributed by atoms with Gasteiger partial charge in [0.1, 0.15) is 0 Å². The van der Waals surface area contributed by atoms with Crippen molar-refractivity contribution in [2.75, 3.05) is 5.73 Å². The summed E-state index contributed by atoms with van der Waals surface area (Å²) in [5.74, 6) is -3.02. The average Bonchev–Trinajstić information content (AvgIpc) is 2.28. The van der Waals surface area contributed by atoms with Gasteiger partial charge in [-0.25, -0.2) is 0 Å². The first kappa shape index (κ1) is 12.6. The molecule has 0 aromatic heterocycles. The molecule has 0 spiro atoms. The second-order valence-electron chi connectivity index (χ2n) is 4.52. The van der Waals surface area contributed by atoms with Gasteiger partial charge >= 0.3 is 0 Å². The maximum absolute atomic E-state index is 14.4. The number of hydrogen-bond donors (Lipinski definition) is 1. The summed E-state index contributed by atoms with van der Waals surface area (Å²) in [6.07, 6.45) is 0. The number of halogens is 2. The van der Waals surface area contributed by atoms with Crippen molar-refractivity contribution in [3.05, 3.63) is 64.7 Å². The van der Waals surface area contributed by atoms with Gasteiger partial charge in [-0.2, -0.15) is 8.78 Å². The minimum atomic E-state index is -3.02. The first-order valence-corrected chi connectivity index (χ1v) is 5.73. The highest BCUT2D eigenvalue weighted by Gasteiger charge is 2.35. The molecule has 0 heterocycles. The molecule has 18 heavy (non-hydrogen) atoms. The Labute approximate surface area is 105 Å². The van der Waals surface area contributed by atoms with Crippen molar-refractivity contribution < 1.29 is 8.78 Å². The van der Waals surface area contributed by atoms with Crippen LogP contribution in [0.15, 0.2) is 42.5 Å². The molecule has 0 saturated carbocycles. The van der Waals surface area contributed by atoms with Crippen molar-refractivity contribution in [3.8, 4) is 0 Å². The zero-order valence-corrected chi connectivity index (χ0v) is 10.4. The van der Waals surface area contributed by atoms with Crippen LogP contribution in [0.1, 0.15) is 22.3 Å². The van der Waals surface area contributed by atoms with Gasteiger partial charge in [0.05, 0.1) is 0 Å². The Kier molecular flexibility index (Phi) is 3.07. The fourth-order valence-electron chi connectivity index (χ4n) is 2.06. The van der Waals surface area contributed by atoms with Crippen LogP contribution in [-0.2, 0) is 5.92 Å². The van der Waals surface area contributed by atoms with E-state index in [1.807, 2.05) is 6.92 Å². The SMILES string of the molecule is Cc1ccc(C(F)(F)c2cccc(N)c2)c(C)c1. The number of hydrogen-bond acceptors (Lipinski definition) is 1. The fraction of sp³-hybridized carbons (Fsp3) is 0.200. The fourth-order valence-corrected chi connectivity index (χ4v) is 2.06. The van der Waals surface area contributed by atoms with Gasteiger partial charge < -0.3 is 5.73 Å². The molecule has 94 valence electrons. The molecule has 0 aliphatic heterocycles. The highest BCUT2D eigenvalue weighted by atomic mass is 19.3. The molecule has 0 radical (unpaired) electrons. The van der Waals surface area contributed by atoms with Crippen molar-refractivity contribution in [3.63, 3.8) is 0 Å². The molecule has 0 aliphatic rings. The number of benzene rings is 2. The Morgan fingerprint density at radius 1 is 1.00 bits per heavy atom. The molecular formula is C15H15F2N. The molecule has 2 aromatic carbocycles. The maximum atomic E-state index is 14.4. The quantitative estimate of drug-likeness (QED) is 0.797. The third-order valence-corrected chi connectivity index (χ3v) is 2.97. The Morgan fingerprint density at radius 3 is 2.33 bits per heavy atom. The highest BCUT2D eigenvalue weighted by Crippen LogP contribution is 2.38. The Bertz CT molecular complexity index is 576. The van der Waals surface area contributed by atoms with Gasteiger partial charge in [0.15, 0.2) is 0 Å². The van der Waals surface area contributed by atoms with E-state index in [0.717, 1.165) is 5.56 Å². The number of rotatable bonds is 2. The zero-order chi connectivity index (χ0) is 13.3. The molecule has 0 atom stereocenters. The molecule has 2 aromatic rings. The minimum Gasteiger partial charge on any atom is -0.399 e.